The van der Waals surface area contributed by atoms with Crippen LogP contribution in [-0.2, 0) is 0 Å². The van der Waals surface area contributed by atoms with Crippen LogP contribution in [0.2, 0.25) is 3.93 Å². The number of benzene rings is 6. The second kappa shape index (κ2) is 16.3. The number of carbonyl (C=O) groups is 2. The standard InChI is InChI=1S/C45H37N6O4.Sn.H/c1-3-28(46-44(52)32-19-11-21-34-40(32)50-42-36(48-34)23-13-25-38(42)54-30-15-7-5-8-16-30)27-29(4-2)47-45(53)33-20-12-22-35-41(33)51-43-37(49-35)24-14-26-39(43)55-31-17-9-6-10-18-31;;/h5-29H,3-4H2,1-2H3,(H,46,52)(H,47,53);;. The third-order valence-corrected chi connectivity index (χ3v) is 12.4. The van der Waals surface area contributed by atoms with E-state index < -0.39 is 0 Å². The monoisotopic (exact) mass is 846 g/mol. The first-order chi connectivity index (χ1) is 27.4. The van der Waals surface area contributed by atoms with Gasteiger partial charge in [-0.2, -0.15) is 0 Å². The summed E-state index contributed by atoms with van der Waals surface area (Å²) < 4.78 is 12.4. The summed E-state index contributed by atoms with van der Waals surface area (Å²) in [5.74, 6) is 1.97. The quantitative estimate of drug-likeness (QED) is 0.0923. The Morgan fingerprint density at radius 3 is 1.27 bits per heavy atom. The van der Waals surface area contributed by atoms with Crippen molar-refractivity contribution in [3.8, 4) is 23.0 Å². The summed E-state index contributed by atoms with van der Waals surface area (Å²) >= 11 is 0.797. The van der Waals surface area contributed by atoms with Crippen LogP contribution in [0.25, 0.3) is 44.1 Å². The van der Waals surface area contributed by atoms with Gasteiger partial charge in [-0.3, -0.25) is 0 Å². The Balaban J connectivity index is 1.04. The van der Waals surface area contributed by atoms with E-state index >= 15 is 0 Å². The van der Waals surface area contributed by atoms with Gasteiger partial charge in [-0.15, -0.1) is 0 Å². The molecule has 2 atom stereocenters. The average molecular weight is 846 g/mol. The molecule has 0 saturated heterocycles. The molecule has 6 aromatic carbocycles. The van der Waals surface area contributed by atoms with Crippen LogP contribution in [0.3, 0.4) is 0 Å². The molecular formula is C45H38N6O4Sn. The average Bonchev–Trinajstić information content (AvgIpc) is 3.23. The molecule has 2 amide bonds. The van der Waals surface area contributed by atoms with Gasteiger partial charge in [0.15, 0.2) is 0 Å². The number of amides is 2. The van der Waals surface area contributed by atoms with E-state index in [1.165, 1.54) is 0 Å². The Hall–Kier alpha value is -6.14. The van der Waals surface area contributed by atoms with E-state index in [0.29, 0.717) is 91.1 Å². The summed E-state index contributed by atoms with van der Waals surface area (Å²) in [6.07, 6.45) is 1.35. The minimum atomic E-state index is -0.247. The van der Waals surface area contributed by atoms with E-state index in [2.05, 4.69) is 10.6 Å². The van der Waals surface area contributed by atoms with Gasteiger partial charge in [0.1, 0.15) is 0 Å². The van der Waals surface area contributed by atoms with Gasteiger partial charge in [-0.05, 0) is 0 Å². The van der Waals surface area contributed by atoms with Crippen molar-refractivity contribution in [2.24, 2.45) is 0 Å². The molecule has 10 nitrogen and oxygen atoms in total. The van der Waals surface area contributed by atoms with E-state index in [9.17, 15) is 9.59 Å². The van der Waals surface area contributed by atoms with Gasteiger partial charge < -0.3 is 0 Å². The Labute approximate surface area is 336 Å². The van der Waals surface area contributed by atoms with Crippen LogP contribution < -0.4 is 20.1 Å². The Morgan fingerprint density at radius 2 is 0.875 bits per heavy atom. The Kier molecular flexibility index (Phi) is 10.7. The first-order valence-corrected chi connectivity index (χ1v) is 20.5. The fourth-order valence-corrected chi connectivity index (χ4v) is 8.97. The third kappa shape index (κ3) is 7.57. The molecule has 0 spiro atoms. The van der Waals surface area contributed by atoms with E-state index in [-0.39, 0.29) is 27.8 Å². The minimum absolute atomic E-state index is 0.00355. The van der Waals surface area contributed by atoms with Gasteiger partial charge in [-0.1, -0.05) is 36.4 Å². The maximum absolute atomic E-state index is 14.1. The SMILES string of the molecule is CCC(NC(=O)c1cccc2nc3cccc(Oc4ccccc4)c3nc12)[CH]([SnH])C(CC)NC(=O)c1cccc2nc3cccc(Oc4ccccc4)c3nc12. The third-order valence-electron chi connectivity index (χ3n) is 9.79. The molecule has 56 heavy (non-hydrogen) atoms. The molecule has 8 rings (SSSR count). The van der Waals surface area contributed by atoms with Crippen LogP contribution in [0, 0.1) is 0 Å². The van der Waals surface area contributed by atoms with Crippen molar-refractivity contribution in [2.45, 2.75) is 42.7 Å². The predicted molar refractivity (Wildman–Crippen MR) is 221 cm³/mol. The summed E-state index contributed by atoms with van der Waals surface area (Å²) in [6, 6.07) is 40.7. The van der Waals surface area contributed by atoms with E-state index in [0.717, 1.165) is 22.5 Å². The van der Waals surface area contributed by atoms with Gasteiger partial charge >= 0.3 is 302 Å². The number of rotatable bonds is 12. The number of nitrogens with zero attached hydrogens (tertiary/aromatic N) is 4. The summed E-state index contributed by atoms with van der Waals surface area (Å²) in [6.45, 7) is 4.10. The second-order valence-corrected chi connectivity index (χ2v) is 15.6. The number of fused-ring (bicyclic) bond motifs is 4. The molecule has 11 heteroatoms. The van der Waals surface area contributed by atoms with Crippen LogP contribution in [0.1, 0.15) is 47.4 Å². The summed E-state index contributed by atoms with van der Waals surface area (Å²) in [4.78, 5) is 47.8. The van der Waals surface area contributed by atoms with Crippen LogP contribution in [-0.4, -0.2) is 66.4 Å². The molecular weight excluding hydrogens is 807 g/mol. The zero-order valence-electron chi connectivity index (χ0n) is 30.8. The molecule has 0 bridgehead atoms. The molecule has 2 radical (unpaired) electrons. The van der Waals surface area contributed by atoms with Gasteiger partial charge in [0, 0.05) is 0 Å². The molecule has 2 N–H and O–H groups in total. The number of hydrogen-bond donors (Lipinski definition) is 2. The van der Waals surface area contributed by atoms with Gasteiger partial charge in [-0.25, -0.2) is 0 Å². The van der Waals surface area contributed by atoms with Crippen molar-refractivity contribution in [3.63, 3.8) is 0 Å². The summed E-state index contributed by atoms with van der Waals surface area (Å²) in [7, 11) is 0. The maximum atomic E-state index is 14.1. The summed E-state index contributed by atoms with van der Waals surface area (Å²) in [5, 5.41) is 6.58. The molecule has 8 aromatic rings. The topological polar surface area (TPSA) is 128 Å². The number of carbonyl (C=O) groups excluding carboxylic acids is 2. The van der Waals surface area contributed by atoms with Crippen molar-refractivity contribution in [3.05, 3.63) is 145 Å². The first kappa shape index (κ1) is 36.8. The van der Waals surface area contributed by atoms with Crippen molar-refractivity contribution >= 4 is 78.5 Å². The van der Waals surface area contributed by atoms with Crippen molar-refractivity contribution < 1.29 is 19.1 Å². The molecule has 0 aliphatic carbocycles. The molecule has 0 saturated carbocycles. The van der Waals surface area contributed by atoms with Crippen LogP contribution >= 0.6 is 0 Å². The molecule has 2 heterocycles. The number of nitrogens with one attached hydrogen (secondary N) is 2. The van der Waals surface area contributed by atoms with Crippen LogP contribution in [0.5, 0.6) is 23.0 Å². The zero-order valence-corrected chi connectivity index (χ0v) is 34.1. The van der Waals surface area contributed by atoms with Crippen molar-refractivity contribution in [2.75, 3.05) is 0 Å². The Morgan fingerprint density at radius 1 is 0.500 bits per heavy atom. The van der Waals surface area contributed by atoms with Crippen LogP contribution in [0.4, 0.5) is 0 Å². The number of para-hydroxylation sites is 6. The molecule has 2 unspecified atom stereocenters. The zero-order chi connectivity index (χ0) is 38.6. The number of hydrogen-bond acceptors (Lipinski definition) is 8. The molecule has 0 aliphatic rings. The number of ether oxygens (including phenoxy) is 2. The van der Waals surface area contributed by atoms with Crippen molar-refractivity contribution in [1.29, 1.82) is 0 Å². The molecule has 0 fully saturated rings. The summed E-state index contributed by atoms with van der Waals surface area (Å²) in [5.41, 5.74) is 5.52. The van der Waals surface area contributed by atoms with Crippen LogP contribution in [0.15, 0.2) is 133 Å². The van der Waals surface area contributed by atoms with Gasteiger partial charge in [0.05, 0.1) is 0 Å². The molecule has 276 valence electrons. The first-order valence-electron chi connectivity index (χ1n) is 18.6. The van der Waals surface area contributed by atoms with E-state index in [1.54, 1.807) is 12.1 Å². The fraction of sp³-hybridized carbons (Fsp3) is 0.156. The van der Waals surface area contributed by atoms with Crippen molar-refractivity contribution in [1.82, 2.24) is 30.6 Å². The van der Waals surface area contributed by atoms with Gasteiger partial charge in [0.25, 0.3) is 0 Å². The normalized spacial score (nSPS) is 13.0. The fourth-order valence-electron chi connectivity index (χ4n) is 6.86. The van der Waals surface area contributed by atoms with E-state index in [4.69, 9.17) is 29.4 Å². The Bertz CT molecular complexity index is 2530. The second-order valence-electron chi connectivity index (χ2n) is 13.4. The predicted octanol–water partition coefficient (Wildman–Crippen LogP) is 8.87. The van der Waals surface area contributed by atoms with E-state index in [1.807, 2.05) is 135 Å². The molecule has 2 aromatic heterocycles. The number of aromatic nitrogens is 4. The molecule has 0 aliphatic heterocycles. The van der Waals surface area contributed by atoms with Gasteiger partial charge in [0.2, 0.25) is 0 Å².